The summed E-state index contributed by atoms with van der Waals surface area (Å²) in [5.41, 5.74) is 0. The molecular formula is C5H11NS. The predicted octanol–water partition coefficient (Wildman–Crippen LogP) is 1.73. The van der Waals surface area contributed by atoms with Crippen molar-refractivity contribution in [2.75, 3.05) is 13.6 Å². The van der Waals surface area contributed by atoms with Gasteiger partial charge in [-0.25, -0.2) is 0 Å². The molecule has 0 aliphatic rings. The highest BCUT2D eigenvalue weighted by molar-refractivity contribution is 7.99. The Morgan fingerprint density at radius 1 is 1.86 bits per heavy atom. The van der Waals surface area contributed by atoms with Gasteiger partial charge in [-0.3, -0.25) is 4.31 Å². The summed E-state index contributed by atoms with van der Waals surface area (Å²) in [6.45, 7) is 6.74. The maximum absolute atomic E-state index is 3.57. The van der Waals surface area contributed by atoms with Gasteiger partial charge in [0, 0.05) is 6.54 Å². The Labute approximate surface area is 49.5 Å². The zero-order valence-electron chi connectivity index (χ0n) is 4.85. The predicted molar refractivity (Wildman–Crippen MR) is 36.1 cm³/mol. The molecule has 0 aliphatic heterocycles. The van der Waals surface area contributed by atoms with E-state index in [2.05, 4.69) is 17.8 Å². The normalized spacial score (nSPS) is 9.57. The first kappa shape index (κ1) is 7.05. The summed E-state index contributed by atoms with van der Waals surface area (Å²) in [5.74, 6) is 0. The minimum Gasteiger partial charge on any atom is -0.250 e. The molecule has 2 heteroatoms. The number of hydrogen-bond donors (Lipinski definition) is 0. The molecule has 0 bridgehead atoms. The van der Waals surface area contributed by atoms with E-state index in [1.165, 1.54) is 0 Å². The van der Waals surface area contributed by atoms with Crippen molar-refractivity contribution in [2.45, 2.75) is 6.92 Å². The molecule has 0 saturated carbocycles. The van der Waals surface area contributed by atoms with Crippen molar-refractivity contribution in [3.8, 4) is 0 Å². The van der Waals surface area contributed by atoms with Crippen molar-refractivity contribution < 1.29 is 0 Å². The molecule has 0 aromatic rings. The average Bonchev–Trinajstić information content (AvgIpc) is 1.68. The van der Waals surface area contributed by atoms with Crippen molar-refractivity contribution >= 4 is 11.9 Å². The molecule has 1 nitrogen and oxygen atoms in total. The number of nitrogens with zero attached hydrogens (tertiary/aromatic N) is 1. The van der Waals surface area contributed by atoms with Gasteiger partial charge in [0.05, 0.1) is 0 Å². The van der Waals surface area contributed by atoms with Crippen LogP contribution in [0.4, 0.5) is 0 Å². The first-order valence-electron chi connectivity index (χ1n) is 2.30. The highest BCUT2D eigenvalue weighted by Crippen LogP contribution is 2.03. The Kier molecular flexibility index (Phi) is 4.25. The molecule has 0 rings (SSSR count). The van der Waals surface area contributed by atoms with Gasteiger partial charge >= 0.3 is 0 Å². The van der Waals surface area contributed by atoms with Gasteiger partial charge in [0.1, 0.15) is 0 Å². The summed E-state index contributed by atoms with van der Waals surface area (Å²) in [7, 11) is 2.03. The SMILES string of the molecule is C=CSN(C)CC. The van der Waals surface area contributed by atoms with Crippen LogP contribution in [-0.4, -0.2) is 17.9 Å². The third-order valence-electron chi connectivity index (χ3n) is 0.700. The molecule has 0 amide bonds. The molecule has 0 atom stereocenters. The third kappa shape index (κ3) is 3.89. The lowest BCUT2D eigenvalue weighted by molar-refractivity contribution is 0.606. The fourth-order valence-electron chi connectivity index (χ4n) is 0.202. The van der Waals surface area contributed by atoms with E-state index in [0.717, 1.165) is 6.54 Å². The largest absolute Gasteiger partial charge is 0.250 e. The maximum Gasteiger partial charge on any atom is 0.00608 e. The minimum atomic E-state index is 1.07. The van der Waals surface area contributed by atoms with Crippen LogP contribution < -0.4 is 0 Å². The summed E-state index contributed by atoms with van der Waals surface area (Å²) in [5, 5.41) is 1.82. The zero-order chi connectivity index (χ0) is 5.70. The summed E-state index contributed by atoms with van der Waals surface area (Å²) >= 11 is 1.63. The molecule has 0 aromatic carbocycles. The van der Waals surface area contributed by atoms with E-state index >= 15 is 0 Å². The Morgan fingerprint density at radius 2 is 2.43 bits per heavy atom. The molecule has 0 aliphatic carbocycles. The first-order valence-corrected chi connectivity index (χ1v) is 3.13. The van der Waals surface area contributed by atoms with E-state index in [-0.39, 0.29) is 0 Å². The monoisotopic (exact) mass is 117 g/mol. The van der Waals surface area contributed by atoms with Gasteiger partial charge in [0.15, 0.2) is 0 Å². The Balaban J connectivity index is 2.98. The molecule has 0 radical (unpaired) electrons. The molecule has 0 heterocycles. The third-order valence-corrected chi connectivity index (χ3v) is 1.47. The average molecular weight is 117 g/mol. The van der Waals surface area contributed by atoms with Crippen molar-refractivity contribution in [1.82, 2.24) is 4.31 Å². The Hall–Kier alpha value is 0.0500. The maximum atomic E-state index is 3.57. The summed E-state index contributed by atoms with van der Waals surface area (Å²) in [4.78, 5) is 0. The highest BCUT2D eigenvalue weighted by atomic mass is 32.2. The molecular weight excluding hydrogens is 106 g/mol. The van der Waals surface area contributed by atoms with E-state index in [1.54, 1.807) is 11.9 Å². The van der Waals surface area contributed by atoms with Crippen LogP contribution in [0.2, 0.25) is 0 Å². The second-order valence-corrected chi connectivity index (χ2v) is 2.38. The summed E-state index contributed by atoms with van der Waals surface area (Å²) in [6.07, 6.45) is 0. The molecule has 0 saturated heterocycles. The van der Waals surface area contributed by atoms with E-state index in [9.17, 15) is 0 Å². The number of rotatable bonds is 3. The van der Waals surface area contributed by atoms with E-state index < -0.39 is 0 Å². The van der Waals surface area contributed by atoms with Gasteiger partial charge in [0.25, 0.3) is 0 Å². The van der Waals surface area contributed by atoms with Crippen molar-refractivity contribution in [3.63, 3.8) is 0 Å². The van der Waals surface area contributed by atoms with Crippen LogP contribution in [0.5, 0.6) is 0 Å². The van der Waals surface area contributed by atoms with E-state index in [1.807, 2.05) is 12.5 Å². The van der Waals surface area contributed by atoms with Crippen LogP contribution in [0.15, 0.2) is 12.0 Å². The lowest BCUT2D eigenvalue weighted by Crippen LogP contribution is -2.04. The van der Waals surface area contributed by atoms with Crippen LogP contribution in [0.1, 0.15) is 6.92 Å². The molecule has 42 valence electrons. The van der Waals surface area contributed by atoms with E-state index in [0.29, 0.717) is 0 Å². The second kappa shape index (κ2) is 4.22. The fourth-order valence-corrected chi connectivity index (χ4v) is 0.605. The quantitative estimate of drug-likeness (QED) is 0.518. The van der Waals surface area contributed by atoms with Gasteiger partial charge in [-0.1, -0.05) is 25.5 Å². The van der Waals surface area contributed by atoms with Crippen LogP contribution in [0.25, 0.3) is 0 Å². The summed E-state index contributed by atoms with van der Waals surface area (Å²) < 4.78 is 2.10. The van der Waals surface area contributed by atoms with Crippen LogP contribution in [0, 0.1) is 0 Å². The second-order valence-electron chi connectivity index (χ2n) is 1.22. The van der Waals surface area contributed by atoms with Crippen LogP contribution >= 0.6 is 11.9 Å². The van der Waals surface area contributed by atoms with Crippen LogP contribution in [-0.2, 0) is 0 Å². The molecule has 0 spiro atoms. The highest BCUT2D eigenvalue weighted by Gasteiger charge is 1.85. The van der Waals surface area contributed by atoms with Gasteiger partial charge in [0.2, 0.25) is 0 Å². The molecule has 0 fully saturated rings. The molecule has 0 N–H and O–H groups in total. The fraction of sp³-hybridized carbons (Fsp3) is 0.600. The van der Waals surface area contributed by atoms with E-state index in [4.69, 9.17) is 0 Å². The lowest BCUT2D eigenvalue weighted by atomic mass is 10.8. The van der Waals surface area contributed by atoms with Crippen molar-refractivity contribution in [3.05, 3.63) is 12.0 Å². The zero-order valence-corrected chi connectivity index (χ0v) is 5.66. The Bertz CT molecular complexity index is 54.0. The van der Waals surface area contributed by atoms with Crippen molar-refractivity contribution in [1.29, 1.82) is 0 Å². The van der Waals surface area contributed by atoms with Gasteiger partial charge < -0.3 is 0 Å². The topological polar surface area (TPSA) is 3.24 Å². The van der Waals surface area contributed by atoms with Crippen LogP contribution in [0.3, 0.4) is 0 Å². The summed E-state index contributed by atoms with van der Waals surface area (Å²) in [6, 6.07) is 0. The van der Waals surface area contributed by atoms with Crippen molar-refractivity contribution in [2.24, 2.45) is 0 Å². The Morgan fingerprint density at radius 3 is 2.57 bits per heavy atom. The van der Waals surface area contributed by atoms with Gasteiger partial charge in [-0.2, -0.15) is 0 Å². The smallest absolute Gasteiger partial charge is 0.00608 e. The van der Waals surface area contributed by atoms with Gasteiger partial charge in [-0.15, -0.1) is 0 Å². The molecule has 0 aromatic heterocycles. The first-order chi connectivity index (χ1) is 3.31. The molecule has 0 unspecified atom stereocenters. The molecule has 7 heavy (non-hydrogen) atoms. The standard InChI is InChI=1S/C5H11NS/c1-4-6(3)7-5-2/h5H,2,4H2,1,3H3. The minimum absolute atomic E-state index is 1.07. The lowest BCUT2D eigenvalue weighted by Gasteiger charge is -2.06. The van der Waals surface area contributed by atoms with Gasteiger partial charge in [-0.05, 0) is 12.5 Å². The number of hydrogen-bond acceptors (Lipinski definition) is 2.